The summed E-state index contributed by atoms with van der Waals surface area (Å²) in [6.07, 6.45) is 0. The number of thioether (sulfide) groups is 1. The van der Waals surface area contributed by atoms with Crippen LogP contribution in [0.2, 0.25) is 0 Å². The molecule has 0 atom stereocenters. The van der Waals surface area contributed by atoms with Crippen molar-refractivity contribution < 1.29 is 18.3 Å². The van der Waals surface area contributed by atoms with Crippen LogP contribution in [0.1, 0.15) is 0 Å². The summed E-state index contributed by atoms with van der Waals surface area (Å²) < 4.78 is 30.7. The van der Waals surface area contributed by atoms with Crippen LogP contribution < -0.4 is 10.1 Å². The molecule has 0 radical (unpaired) electrons. The zero-order chi connectivity index (χ0) is 21.8. The molecule has 0 spiro atoms. The molecule has 0 bridgehead atoms. The molecule has 6 nitrogen and oxygen atoms in total. The van der Waals surface area contributed by atoms with Crippen molar-refractivity contribution in [2.45, 2.75) is 11.8 Å². The molecule has 0 aliphatic carbocycles. The molecule has 31 heavy (non-hydrogen) atoms. The predicted molar refractivity (Wildman–Crippen MR) is 116 cm³/mol. The monoisotopic (exact) mass is 440 g/mol. The molecule has 0 fully saturated rings. The number of carbonyl (C=O) groups excluding carboxylic acids is 1. The highest BCUT2D eigenvalue weighted by molar-refractivity contribution is 7.99. The lowest BCUT2D eigenvalue weighted by Crippen LogP contribution is -2.14. The number of alkyl halides is 2. The van der Waals surface area contributed by atoms with Crippen LogP contribution in [0.15, 0.2) is 71.9 Å². The van der Waals surface area contributed by atoms with Gasteiger partial charge in [-0.3, -0.25) is 4.79 Å². The van der Waals surface area contributed by atoms with Gasteiger partial charge in [-0.15, -0.1) is 10.2 Å². The van der Waals surface area contributed by atoms with Gasteiger partial charge < -0.3 is 14.6 Å². The maximum absolute atomic E-state index is 12.5. The molecule has 0 aliphatic heterocycles. The Morgan fingerprint density at radius 1 is 1.06 bits per heavy atom. The van der Waals surface area contributed by atoms with Crippen molar-refractivity contribution in [3.05, 3.63) is 66.7 Å². The summed E-state index contributed by atoms with van der Waals surface area (Å²) in [5, 5.41) is 13.8. The zero-order valence-electron chi connectivity index (χ0n) is 16.5. The van der Waals surface area contributed by atoms with E-state index in [1.54, 1.807) is 23.7 Å². The molecule has 1 N–H and O–H groups in total. The highest BCUT2D eigenvalue weighted by Crippen LogP contribution is 2.26. The second kappa shape index (κ2) is 9.13. The highest BCUT2D eigenvalue weighted by atomic mass is 32.2. The number of fused-ring (bicyclic) bond motifs is 1. The maximum Gasteiger partial charge on any atom is 0.387 e. The lowest BCUT2D eigenvalue weighted by molar-refractivity contribution is -0.113. The van der Waals surface area contributed by atoms with Gasteiger partial charge in [0.15, 0.2) is 11.0 Å². The highest BCUT2D eigenvalue weighted by Gasteiger charge is 2.14. The van der Waals surface area contributed by atoms with Gasteiger partial charge in [0.1, 0.15) is 5.75 Å². The predicted octanol–water partition coefficient (Wildman–Crippen LogP) is 4.97. The average molecular weight is 440 g/mol. The minimum atomic E-state index is -2.87. The lowest BCUT2D eigenvalue weighted by atomic mass is 10.1. The van der Waals surface area contributed by atoms with Gasteiger partial charge >= 0.3 is 6.61 Å². The van der Waals surface area contributed by atoms with E-state index in [1.807, 2.05) is 42.5 Å². The van der Waals surface area contributed by atoms with Crippen LogP contribution >= 0.6 is 11.8 Å². The van der Waals surface area contributed by atoms with E-state index in [2.05, 4.69) is 20.3 Å². The van der Waals surface area contributed by atoms with Gasteiger partial charge in [0.05, 0.1) is 5.75 Å². The number of hydrogen-bond acceptors (Lipinski definition) is 5. The van der Waals surface area contributed by atoms with Crippen molar-refractivity contribution in [3.63, 3.8) is 0 Å². The van der Waals surface area contributed by atoms with E-state index in [4.69, 9.17) is 0 Å². The summed E-state index contributed by atoms with van der Waals surface area (Å²) in [6, 6.07) is 19.7. The van der Waals surface area contributed by atoms with Crippen LogP contribution in [0, 0.1) is 0 Å². The molecular formula is C22H18F2N4O2S. The average Bonchev–Trinajstić information content (AvgIpc) is 3.13. The Balaban J connectivity index is 1.41. The molecule has 1 heterocycles. The Bertz CT molecular complexity index is 1210. The largest absolute Gasteiger partial charge is 0.435 e. The van der Waals surface area contributed by atoms with Crippen molar-refractivity contribution in [2.75, 3.05) is 11.1 Å². The molecule has 0 aliphatic rings. The molecule has 0 saturated carbocycles. The van der Waals surface area contributed by atoms with Crippen molar-refractivity contribution >= 4 is 34.1 Å². The minimum Gasteiger partial charge on any atom is -0.435 e. The van der Waals surface area contributed by atoms with E-state index in [1.165, 1.54) is 23.9 Å². The van der Waals surface area contributed by atoms with Crippen LogP contribution in [-0.2, 0) is 11.8 Å². The van der Waals surface area contributed by atoms with Crippen molar-refractivity contribution in [3.8, 4) is 17.1 Å². The second-order valence-corrected chi connectivity index (χ2v) is 7.57. The van der Waals surface area contributed by atoms with E-state index in [0.29, 0.717) is 16.5 Å². The Morgan fingerprint density at radius 3 is 2.58 bits per heavy atom. The third-order valence-corrected chi connectivity index (χ3v) is 5.59. The first-order valence-corrected chi connectivity index (χ1v) is 10.3. The topological polar surface area (TPSA) is 69.0 Å². The quantitative estimate of drug-likeness (QED) is 0.411. The molecule has 4 rings (SSSR count). The van der Waals surface area contributed by atoms with Crippen LogP contribution in [0.4, 0.5) is 14.5 Å². The number of nitrogens with one attached hydrogen (secondary N) is 1. The third kappa shape index (κ3) is 4.83. The maximum atomic E-state index is 12.5. The number of anilines is 1. The fraction of sp³-hybridized carbons (Fsp3) is 0.136. The number of rotatable bonds is 7. The van der Waals surface area contributed by atoms with Crippen molar-refractivity contribution in [2.24, 2.45) is 7.05 Å². The molecule has 1 aromatic heterocycles. The first-order valence-electron chi connectivity index (χ1n) is 9.36. The third-order valence-electron chi connectivity index (χ3n) is 4.57. The van der Waals surface area contributed by atoms with Crippen LogP contribution in [0.25, 0.3) is 22.2 Å². The molecular weight excluding hydrogens is 422 g/mol. The fourth-order valence-electron chi connectivity index (χ4n) is 3.13. The Labute approximate surface area is 181 Å². The van der Waals surface area contributed by atoms with Gasteiger partial charge in [0, 0.05) is 23.7 Å². The number of amides is 1. The molecule has 4 aromatic rings. The number of carbonyl (C=O) groups is 1. The van der Waals surface area contributed by atoms with Gasteiger partial charge in [0.2, 0.25) is 5.91 Å². The van der Waals surface area contributed by atoms with Gasteiger partial charge in [-0.25, -0.2) is 0 Å². The molecule has 9 heteroatoms. The number of hydrogen-bond donors (Lipinski definition) is 1. The summed E-state index contributed by atoms with van der Waals surface area (Å²) in [7, 11) is 1.78. The van der Waals surface area contributed by atoms with E-state index < -0.39 is 6.61 Å². The minimum absolute atomic E-state index is 0.0700. The Hall–Kier alpha value is -3.46. The number of nitrogens with zero attached hydrogens (tertiary/aromatic N) is 3. The lowest BCUT2D eigenvalue weighted by Gasteiger charge is -2.09. The number of aromatic nitrogens is 3. The molecule has 158 valence electrons. The van der Waals surface area contributed by atoms with Gasteiger partial charge in [-0.05, 0) is 35.7 Å². The van der Waals surface area contributed by atoms with E-state index in [9.17, 15) is 13.6 Å². The summed E-state index contributed by atoms with van der Waals surface area (Å²) in [5.74, 6) is 0.636. The van der Waals surface area contributed by atoms with E-state index in [0.717, 1.165) is 16.5 Å². The smallest absolute Gasteiger partial charge is 0.387 e. The summed E-state index contributed by atoms with van der Waals surface area (Å²) in [4.78, 5) is 12.5. The Kier molecular flexibility index (Phi) is 6.13. The fourth-order valence-corrected chi connectivity index (χ4v) is 3.84. The zero-order valence-corrected chi connectivity index (χ0v) is 17.3. The standard InChI is InChI=1S/C22H18F2N4O2S/c1-28-20(15-9-11-16(12-10-15)30-21(23)24)26-27-22(28)31-13-19(29)25-18-8-4-6-14-5-2-3-7-17(14)18/h2-12,21H,13H2,1H3,(H,25,29). The van der Waals surface area contributed by atoms with Gasteiger partial charge in [-0.1, -0.05) is 48.2 Å². The molecule has 3 aromatic carbocycles. The van der Waals surface area contributed by atoms with Crippen LogP contribution in [0.3, 0.4) is 0 Å². The SMILES string of the molecule is Cn1c(SCC(=O)Nc2cccc3ccccc23)nnc1-c1ccc(OC(F)F)cc1. The van der Waals surface area contributed by atoms with Gasteiger partial charge in [0.25, 0.3) is 0 Å². The van der Waals surface area contributed by atoms with Crippen LogP contribution in [-0.4, -0.2) is 33.0 Å². The second-order valence-electron chi connectivity index (χ2n) is 6.63. The summed E-state index contributed by atoms with van der Waals surface area (Å²) >= 11 is 1.26. The number of ether oxygens (including phenoxy) is 1. The Morgan fingerprint density at radius 2 is 1.81 bits per heavy atom. The molecule has 0 unspecified atom stereocenters. The number of halogens is 2. The van der Waals surface area contributed by atoms with E-state index in [-0.39, 0.29) is 17.4 Å². The summed E-state index contributed by atoms with van der Waals surface area (Å²) in [5.41, 5.74) is 1.46. The van der Waals surface area contributed by atoms with Crippen LogP contribution in [0.5, 0.6) is 5.75 Å². The number of benzene rings is 3. The first kappa shape index (κ1) is 20.8. The summed E-state index contributed by atoms with van der Waals surface area (Å²) in [6.45, 7) is -2.87. The molecule has 0 saturated heterocycles. The van der Waals surface area contributed by atoms with Crippen molar-refractivity contribution in [1.29, 1.82) is 0 Å². The van der Waals surface area contributed by atoms with Gasteiger partial charge in [-0.2, -0.15) is 8.78 Å². The molecule has 1 amide bonds. The first-order chi connectivity index (χ1) is 15.0. The normalized spacial score (nSPS) is 11.1. The van der Waals surface area contributed by atoms with Crippen molar-refractivity contribution in [1.82, 2.24) is 14.8 Å². The van der Waals surface area contributed by atoms with E-state index >= 15 is 0 Å².